The van der Waals surface area contributed by atoms with Crippen molar-refractivity contribution in [1.29, 1.82) is 0 Å². The minimum Gasteiger partial charge on any atom is -0.388 e. The van der Waals surface area contributed by atoms with Crippen molar-refractivity contribution in [3.8, 4) is 0 Å². The highest BCUT2D eigenvalue weighted by Gasteiger charge is 2.32. The molecule has 5 heteroatoms. The normalized spacial score (nSPS) is 19.4. The average molecular weight is 274 g/mol. The van der Waals surface area contributed by atoms with Gasteiger partial charge in [-0.1, -0.05) is 11.6 Å². The van der Waals surface area contributed by atoms with Crippen molar-refractivity contribution in [1.82, 2.24) is 0 Å². The van der Waals surface area contributed by atoms with E-state index >= 15 is 0 Å². The van der Waals surface area contributed by atoms with E-state index in [9.17, 15) is 18.3 Å². The molecule has 1 aromatic rings. The molecule has 2 nitrogen and oxygen atoms in total. The van der Waals surface area contributed by atoms with Gasteiger partial charge in [-0.2, -0.15) is 13.2 Å². The number of halogens is 3. The molecule has 106 valence electrons. The lowest BCUT2D eigenvalue weighted by atomic mass is 9.88. The SMILES string of the molecule is Cc1cc(C(O)C2CCOCC2)cc(C(F)(F)F)c1. The molecule has 1 aliphatic heterocycles. The zero-order chi connectivity index (χ0) is 14.0. The summed E-state index contributed by atoms with van der Waals surface area (Å²) in [5.41, 5.74) is 0.156. The van der Waals surface area contributed by atoms with Crippen LogP contribution in [-0.2, 0) is 10.9 Å². The summed E-state index contributed by atoms with van der Waals surface area (Å²) in [5, 5.41) is 10.2. The van der Waals surface area contributed by atoms with Gasteiger partial charge in [-0.05, 0) is 43.4 Å². The van der Waals surface area contributed by atoms with Crippen LogP contribution in [-0.4, -0.2) is 18.3 Å². The zero-order valence-corrected chi connectivity index (χ0v) is 10.7. The Morgan fingerprint density at radius 2 is 1.84 bits per heavy atom. The molecule has 1 aliphatic rings. The molecule has 19 heavy (non-hydrogen) atoms. The van der Waals surface area contributed by atoms with Crippen molar-refractivity contribution in [2.45, 2.75) is 32.0 Å². The number of benzene rings is 1. The van der Waals surface area contributed by atoms with Gasteiger partial charge in [-0.25, -0.2) is 0 Å². The summed E-state index contributed by atoms with van der Waals surface area (Å²) in [5.74, 6) is -0.0309. The van der Waals surface area contributed by atoms with Crippen molar-refractivity contribution >= 4 is 0 Å². The Hall–Kier alpha value is -1.07. The van der Waals surface area contributed by atoms with Crippen LogP contribution in [0.2, 0.25) is 0 Å². The van der Waals surface area contributed by atoms with Crippen LogP contribution in [0, 0.1) is 12.8 Å². The third kappa shape index (κ3) is 3.48. The number of aryl methyl sites for hydroxylation is 1. The second-order valence-corrected chi connectivity index (χ2v) is 5.02. The van der Waals surface area contributed by atoms with Crippen LogP contribution < -0.4 is 0 Å². The van der Waals surface area contributed by atoms with E-state index < -0.39 is 17.8 Å². The minimum absolute atomic E-state index is 0.0309. The summed E-state index contributed by atoms with van der Waals surface area (Å²) in [6.45, 7) is 2.72. The van der Waals surface area contributed by atoms with Crippen LogP contribution in [0.3, 0.4) is 0 Å². The summed E-state index contributed by atoms with van der Waals surface area (Å²) in [6, 6.07) is 3.77. The predicted molar refractivity (Wildman–Crippen MR) is 64.7 cm³/mol. The number of ether oxygens (including phenoxy) is 1. The third-order valence-corrected chi connectivity index (χ3v) is 3.48. The molecule has 1 atom stereocenters. The molecule has 0 aliphatic carbocycles. The number of aliphatic hydroxyl groups excluding tert-OH is 1. The molecule has 1 saturated heterocycles. The smallest absolute Gasteiger partial charge is 0.388 e. The topological polar surface area (TPSA) is 29.5 Å². The zero-order valence-electron chi connectivity index (χ0n) is 10.7. The van der Waals surface area contributed by atoms with E-state index in [-0.39, 0.29) is 5.92 Å². The van der Waals surface area contributed by atoms with Crippen LogP contribution in [0.4, 0.5) is 13.2 Å². The quantitative estimate of drug-likeness (QED) is 0.894. The summed E-state index contributed by atoms with van der Waals surface area (Å²) >= 11 is 0. The molecule has 1 aromatic carbocycles. The largest absolute Gasteiger partial charge is 0.416 e. The van der Waals surface area contributed by atoms with Crippen LogP contribution >= 0.6 is 0 Å². The van der Waals surface area contributed by atoms with E-state index in [4.69, 9.17) is 4.74 Å². The van der Waals surface area contributed by atoms with Crippen molar-refractivity contribution in [3.05, 3.63) is 34.9 Å². The third-order valence-electron chi connectivity index (χ3n) is 3.48. The molecule has 1 N–H and O–H groups in total. The van der Waals surface area contributed by atoms with Gasteiger partial charge in [0.1, 0.15) is 0 Å². The van der Waals surface area contributed by atoms with E-state index in [0.29, 0.717) is 37.2 Å². The fraction of sp³-hybridized carbons (Fsp3) is 0.571. The van der Waals surface area contributed by atoms with E-state index in [0.717, 1.165) is 12.1 Å². The van der Waals surface area contributed by atoms with Crippen molar-refractivity contribution in [3.63, 3.8) is 0 Å². The van der Waals surface area contributed by atoms with Gasteiger partial charge in [-0.3, -0.25) is 0 Å². The van der Waals surface area contributed by atoms with E-state index in [1.54, 1.807) is 13.0 Å². The highest BCUT2D eigenvalue weighted by atomic mass is 19.4. The first-order chi connectivity index (χ1) is 8.88. The maximum Gasteiger partial charge on any atom is 0.416 e. The number of alkyl halides is 3. The summed E-state index contributed by atoms with van der Waals surface area (Å²) in [7, 11) is 0. The van der Waals surface area contributed by atoms with Gasteiger partial charge >= 0.3 is 6.18 Å². The van der Waals surface area contributed by atoms with Crippen molar-refractivity contribution in [2.75, 3.05) is 13.2 Å². The van der Waals surface area contributed by atoms with Gasteiger partial charge in [0, 0.05) is 13.2 Å². The predicted octanol–water partition coefficient (Wildman–Crippen LogP) is 3.47. The molecular formula is C14H17F3O2. The molecular weight excluding hydrogens is 257 g/mol. The van der Waals surface area contributed by atoms with Crippen LogP contribution in [0.15, 0.2) is 18.2 Å². The number of rotatable bonds is 2. The van der Waals surface area contributed by atoms with Gasteiger partial charge in [0.25, 0.3) is 0 Å². The van der Waals surface area contributed by atoms with Gasteiger partial charge in [0.15, 0.2) is 0 Å². The molecule has 1 heterocycles. The molecule has 0 spiro atoms. The summed E-state index contributed by atoms with van der Waals surface area (Å²) < 4.78 is 43.5. The summed E-state index contributed by atoms with van der Waals surface area (Å²) in [4.78, 5) is 0. The van der Waals surface area contributed by atoms with Gasteiger partial charge in [0.2, 0.25) is 0 Å². The number of hydrogen-bond donors (Lipinski definition) is 1. The standard InChI is InChI=1S/C14H17F3O2/c1-9-6-11(8-12(7-9)14(15,16)17)13(18)10-2-4-19-5-3-10/h6-8,10,13,18H,2-5H2,1H3. The Morgan fingerprint density at radius 1 is 1.21 bits per heavy atom. The first-order valence-electron chi connectivity index (χ1n) is 6.32. The molecule has 1 fully saturated rings. The first-order valence-corrected chi connectivity index (χ1v) is 6.32. The maximum absolute atomic E-state index is 12.8. The minimum atomic E-state index is -4.38. The fourth-order valence-corrected chi connectivity index (χ4v) is 2.45. The summed E-state index contributed by atoms with van der Waals surface area (Å²) in [6.07, 6.45) is -3.88. The fourth-order valence-electron chi connectivity index (χ4n) is 2.45. The van der Waals surface area contributed by atoms with Gasteiger partial charge < -0.3 is 9.84 Å². The Morgan fingerprint density at radius 3 is 2.42 bits per heavy atom. The monoisotopic (exact) mass is 274 g/mol. The average Bonchev–Trinajstić information content (AvgIpc) is 2.37. The van der Waals surface area contributed by atoms with Crippen molar-refractivity contribution < 1.29 is 23.0 Å². The second kappa shape index (κ2) is 5.51. The second-order valence-electron chi connectivity index (χ2n) is 5.02. The van der Waals surface area contributed by atoms with Crippen LogP contribution in [0.5, 0.6) is 0 Å². The Labute approximate surface area is 110 Å². The number of hydrogen-bond acceptors (Lipinski definition) is 2. The first kappa shape index (κ1) is 14.3. The van der Waals surface area contributed by atoms with Crippen molar-refractivity contribution in [2.24, 2.45) is 5.92 Å². The highest BCUT2D eigenvalue weighted by molar-refractivity contribution is 5.32. The maximum atomic E-state index is 12.8. The molecule has 1 unspecified atom stereocenters. The van der Waals surface area contributed by atoms with Crippen LogP contribution in [0.25, 0.3) is 0 Å². The van der Waals surface area contributed by atoms with Gasteiger partial charge in [-0.15, -0.1) is 0 Å². The lowest BCUT2D eigenvalue weighted by Crippen LogP contribution is -2.22. The lowest BCUT2D eigenvalue weighted by molar-refractivity contribution is -0.137. The Bertz CT molecular complexity index is 437. The van der Waals surface area contributed by atoms with Crippen LogP contribution in [0.1, 0.15) is 35.6 Å². The highest BCUT2D eigenvalue weighted by Crippen LogP contribution is 2.35. The molecule has 2 rings (SSSR count). The molecule has 0 amide bonds. The molecule has 0 aromatic heterocycles. The Kier molecular flexibility index (Phi) is 4.16. The molecule has 0 radical (unpaired) electrons. The Balaban J connectivity index is 2.26. The van der Waals surface area contributed by atoms with Gasteiger partial charge in [0.05, 0.1) is 11.7 Å². The van der Waals surface area contributed by atoms with E-state index in [1.165, 1.54) is 0 Å². The number of aliphatic hydroxyl groups is 1. The molecule has 0 bridgehead atoms. The van der Waals surface area contributed by atoms with E-state index in [2.05, 4.69) is 0 Å². The lowest BCUT2D eigenvalue weighted by Gasteiger charge is -2.27. The van der Waals surface area contributed by atoms with E-state index in [1.807, 2.05) is 0 Å². The molecule has 0 saturated carbocycles.